The van der Waals surface area contributed by atoms with E-state index in [0.717, 1.165) is 18.5 Å². The molecule has 0 amide bonds. The van der Waals surface area contributed by atoms with Gasteiger partial charge in [0.1, 0.15) is 5.82 Å². The van der Waals surface area contributed by atoms with Gasteiger partial charge in [-0.15, -0.1) is 24.0 Å². The smallest absolute Gasteiger partial charge is 0.193 e. The van der Waals surface area contributed by atoms with Crippen LogP contribution in [0, 0.1) is 5.82 Å². The number of hydrogen-bond acceptors (Lipinski definition) is 2. The number of halogens is 3. The number of fused-ring (bicyclic) bond motifs is 1. The molecule has 0 saturated heterocycles. The monoisotopic (exact) mass is 475 g/mol. The Morgan fingerprint density at radius 3 is 2.76 bits per heavy atom. The summed E-state index contributed by atoms with van der Waals surface area (Å²) in [6, 6.07) is 10.3. The van der Waals surface area contributed by atoms with E-state index in [0.29, 0.717) is 5.56 Å². The first-order valence-corrected chi connectivity index (χ1v) is 8.22. The van der Waals surface area contributed by atoms with Crippen LogP contribution in [0.2, 0.25) is 5.02 Å². The molecule has 134 valence electrons. The van der Waals surface area contributed by atoms with Gasteiger partial charge in [-0.3, -0.25) is 4.99 Å². The molecule has 25 heavy (non-hydrogen) atoms. The van der Waals surface area contributed by atoms with Gasteiger partial charge in [0.05, 0.1) is 17.7 Å². The average molecular weight is 476 g/mol. The molecule has 2 aromatic carbocycles. The summed E-state index contributed by atoms with van der Waals surface area (Å²) in [4.78, 5) is 4.12. The lowest BCUT2D eigenvalue weighted by molar-refractivity contribution is 0.187. The molecule has 4 nitrogen and oxygen atoms in total. The molecule has 0 aromatic heterocycles. The van der Waals surface area contributed by atoms with Crippen LogP contribution in [0.4, 0.5) is 10.1 Å². The second-order valence-corrected chi connectivity index (χ2v) is 6.28. The molecule has 1 unspecified atom stereocenters. The van der Waals surface area contributed by atoms with Crippen molar-refractivity contribution in [1.29, 1.82) is 0 Å². The van der Waals surface area contributed by atoms with E-state index in [4.69, 9.17) is 17.3 Å². The molecule has 0 bridgehead atoms. The highest BCUT2D eigenvalue weighted by molar-refractivity contribution is 14.0. The molecule has 4 N–H and O–H groups in total. The first kappa shape index (κ1) is 19.9. The first-order chi connectivity index (χ1) is 11.5. The van der Waals surface area contributed by atoms with E-state index >= 15 is 0 Å². The number of aliphatic hydroxyl groups excluding tert-OH is 1. The highest BCUT2D eigenvalue weighted by Crippen LogP contribution is 2.25. The highest BCUT2D eigenvalue weighted by Gasteiger charge is 2.12. The predicted molar refractivity (Wildman–Crippen MR) is 110 cm³/mol. The quantitative estimate of drug-likeness (QED) is 0.355. The number of aliphatic imine (C=N–C) groups is 1. The van der Waals surface area contributed by atoms with Crippen molar-refractivity contribution in [2.24, 2.45) is 10.7 Å². The Labute approximate surface area is 168 Å². The maximum Gasteiger partial charge on any atom is 0.193 e. The summed E-state index contributed by atoms with van der Waals surface area (Å²) < 4.78 is 13.4. The lowest BCUT2D eigenvalue weighted by Gasteiger charge is -2.11. The number of nitrogens with one attached hydrogen (secondary N) is 1. The van der Waals surface area contributed by atoms with E-state index in [1.54, 1.807) is 6.07 Å². The maximum absolute atomic E-state index is 13.4. The van der Waals surface area contributed by atoms with E-state index in [1.807, 2.05) is 6.07 Å². The SMILES string of the molecule is I.NC(=NCC(O)c1ccc(Cl)c(F)c1)Nc1ccc2c(c1)CCC2. The van der Waals surface area contributed by atoms with Crippen molar-refractivity contribution in [3.8, 4) is 0 Å². The molecular formula is C18H20ClFIN3O. The highest BCUT2D eigenvalue weighted by atomic mass is 127. The van der Waals surface area contributed by atoms with E-state index in [2.05, 4.69) is 22.4 Å². The molecule has 0 heterocycles. The minimum absolute atomic E-state index is 0. The van der Waals surface area contributed by atoms with Crippen molar-refractivity contribution < 1.29 is 9.50 Å². The van der Waals surface area contributed by atoms with Gasteiger partial charge < -0.3 is 16.2 Å². The van der Waals surface area contributed by atoms with Crippen molar-refractivity contribution in [1.82, 2.24) is 0 Å². The van der Waals surface area contributed by atoms with Crippen molar-refractivity contribution in [2.45, 2.75) is 25.4 Å². The van der Waals surface area contributed by atoms with Crippen LogP contribution < -0.4 is 11.1 Å². The maximum atomic E-state index is 13.4. The molecule has 7 heteroatoms. The second-order valence-electron chi connectivity index (χ2n) is 5.88. The van der Waals surface area contributed by atoms with Gasteiger partial charge >= 0.3 is 0 Å². The van der Waals surface area contributed by atoms with Crippen molar-refractivity contribution in [3.05, 3.63) is 63.9 Å². The fourth-order valence-electron chi connectivity index (χ4n) is 2.85. The molecule has 3 rings (SSSR count). The predicted octanol–water partition coefficient (Wildman–Crippen LogP) is 4.05. The van der Waals surface area contributed by atoms with Crippen LogP contribution in [0.1, 0.15) is 29.2 Å². The molecule has 0 saturated carbocycles. The van der Waals surface area contributed by atoms with E-state index in [9.17, 15) is 9.50 Å². The van der Waals surface area contributed by atoms with Gasteiger partial charge in [0.15, 0.2) is 5.96 Å². The van der Waals surface area contributed by atoms with E-state index in [1.165, 1.54) is 29.7 Å². The Morgan fingerprint density at radius 2 is 2.00 bits per heavy atom. The largest absolute Gasteiger partial charge is 0.386 e. The summed E-state index contributed by atoms with van der Waals surface area (Å²) in [5.74, 6) is -0.358. The third-order valence-electron chi connectivity index (χ3n) is 4.13. The zero-order chi connectivity index (χ0) is 17.1. The summed E-state index contributed by atoms with van der Waals surface area (Å²) in [6.07, 6.45) is 2.45. The van der Waals surface area contributed by atoms with Crippen LogP contribution in [0.25, 0.3) is 0 Å². The molecule has 1 aliphatic rings. The van der Waals surface area contributed by atoms with Gasteiger partial charge in [-0.2, -0.15) is 0 Å². The van der Waals surface area contributed by atoms with Crippen LogP contribution in [0.15, 0.2) is 41.4 Å². The zero-order valence-corrected chi connectivity index (χ0v) is 16.6. The minimum atomic E-state index is -0.947. The molecule has 1 atom stereocenters. The number of benzene rings is 2. The van der Waals surface area contributed by atoms with E-state index in [-0.39, 0.29) is 41.5 Å². The molecule has 0 spiro atoms. The average Bonchev–Trinajstić information content (AvgIpc) is 3.03. The summed E-state index contributed by atoms with van der Waals surface area (Å²) in [5.41, 5.74) is 9.87. The Hall–Kier alpha value is -1.38. The third-order valence-corrected chi connectivity index (χ3v) is 4.44. The number of anilines is 1. The first-order valence-electron chi connectivity index (χ1n) is 7.84. The Balaban J connectivity index is 0.00000225. The van der Waals surface area contributed by atoms with E-state index < -0.39 is 11.9 Å². The number of aliphatic hydroxyl groups is 1. The molecule has 0 aliphatic heterocycles. The molecule has 0 radical (unpaired) electrons. The van der Waals surface area contributed by atoms with Gasteiger partial charge in [0.25, 0.3) is 0 Å². The number of hydrogen-bond donors (Lipinski definition) is 3. The van der Waals surface area contributed by atoms with Crippen LogP contribution in [-0.4, -0.2) is 17.6 Å². The molecular weight excluding hydrogens is 456 g/mol. The van der Waals surface area contributed by atoms with Crippen molar-refractivity contribution in [2.75, 3.05) is 11.9 Å². The lowest BCUT2D eigenvalue weighted by atomic mass is 10.1. The van der Waals surface area contributed by atoms with Gasteiger partial charge in [-0.05, 0) is 60.2 Å². The third kappa shape index (κ3) is 5.05. The van der Waals surface area contributed by atoms with Crippen LogP contribution in [0.3, 0.4) is 0 Å². The topological polar surface area (TPSA) is 70.6 Å². The second kappa shape index (κ2) is 8.82. The summed E-state index contributed by atoms with van der Waals surface area (Å²) >= 11 is 5.63. The normalized spacial score (nSPS) is 14.6. The number of rotatable bonds is 4. The van der Waals surface area contributed by atoms with Gasteiger partial charge in [-0.25, -0.2) is 4.39 Å². The number of guanidine groups is 1. The van der Waals surface area contributed by atoms with Crippen LogP contribution >= 0.6 is 35.6 Å². The van der Waals surface area contributed by atoms with Crippen LogP contribution in [-0.2, 0) is 12.8 Å². The van der Waals surface area contributed by atoms with Gasteiger partial charge in [0.2, 0.25) is 0 Å². The van der Waals surface area contributed by atoms with Crippen LogP contribution in [0.5, 0.6) is 0 Å². The zero-order valence-electron chi connectivity index (χ0n) is 13.5. The fraction of sp³-hybridized carbons (Fsp3) is 0.278. The van der Waals surface area contributed by atoms with Crippen molar-refractivity contribution in [3.63, 3.8) is 0 Å². The minimum Gasteiger partial charge on any atom is -0.386 e. The number of nitrogens with two attached hydrogens (primary N) is 1. The summed E-state index contributed by atoms with van der Waals surface area (Å²) in [5, 5.41) is 13.1. The Morgan fingerprint density at radius 1 is 1.24 bits per heavy atom. The lowest BCUT2D eigenvalue weighted by Crippen LogP contribution is -2.23. The van der Waals surface area contributed by atoms with Gasteiger partial charge in [-0.1, -0.05) is 23.7 Å². The number of aryl methyl sites for hydroxylation is 2. The fourth-order valence-corrected chi connectivity index (χ4v) is 2.96. The summed E-state index contributed by atoms with van der Waals surface area (Å²) in [7, 11) is 0. The van der Waals surface area contributed by atoms with Crippen molar-refractivity contribution >= 4 is 47.2 Å². The number of nitrogens with zero attached hydrogens (tertiary/aromatic N) is 1. The molecule has 1 aliphatic carbocycles. The summed E-state index contributed by atoms with van der Waals surface area (Å²) in [6.45, 7) is 0.0326. The molecule has 2 aromatic rings. The van der Waals surface area contributed by atoms with Gasteiger partial charge in [0, 0.05) is 5.69 Å². The Kier molecular flexibility index (Phi) is 7.04. The Bertz CT molecular complexity index is 785. The molecule has 0 fully saturated rings. The standard InChI is InChI=1S/C18H19ClFN3O.HI/c19-15-7-5-13(9-16(15)20)17(24)10-22-18(21)23-14-6-4-11-2-1-3-12(11)8-14;/h4-9,17,24H,1-3,10H2,(H3,21,22,23);1H.